The highest BCUT2D eigenvalue weighted by Crippen LogP contribution is 2.43. The molecule has 0 unspecified atom stereocenters. The van der Waals surface area contributed by atoms with Gasteiger partial charge in [0, 0.05) is 0 Å². The summed E-state index contributed by atoms with van der Waals surface area (Å²) in [5, 5.41) is 3.34. The summed E-state index contributed by atoms with van der Waals surface area (Å²) in [5.74, 6) is -8.01. The van der Waals surface area contributed by atoms with Gasteiger partial charge in [0.2, 0.25) is 5.82 Å². The monoisotopic (exact) mass is 253 g/mol. The van der Waals surface area contributed by atoms with Gasteiger partial charge in [0.25, 0.3) is 0 Å². The van der Waals surface area contributed by atoms with Crippen molar-refractivity contribution in [2.24, 2.45) is 0 Å². The highest BCUT2D eigenvalue weighted by Gasteiger charge is 2.62. The second kappa shape index (κ2) is 3.49. The standard InChI is InChI=1S/C5H2F7N3O/c6-2(7)15-1(13-14-3(15)16)4(8,9)5(10,11)12/h2H,(H,14,16). The summed E-state index contributed by atoms with van der Waals surface area (Å²) < 4.78 is 83.6. The Labute approximate surface area is 81.7 Å². The number of hydrogen-bond acceptors (Lipinski definition) is 2. The summed E-state index contributed by atoms with van der Waals surface area (Å²) in [6.45, 7) is -3.85. The SMILES string of the molecule is O=c1[nH]nc(C(F)(F)C(F)(F)F)n1C(F)F. The molecule has 0 aliphatic rings. The zero-order chi connectivity index (χ0) is 12.7. The lowest BCUT2D eigenvalue weighted by Gasteiger charge is -2.18. The molecule has 1 rings (SSSR count). The number of hydrogen-bond donors (Lipinski definition) is 1. The van der Waals surface area contributed by atoms with Crippen molar-refractivity contribution in [1.29, 1.82) is 0 Å². The molecule has 0 aliphatic carbocycles. The summed E-state index contributed by atoms with van der Waals surface area (Å²) >= 11 is 0. The Bertz CT molecular complexity index is 430. The van der Waals surface area contributed by atoms with Crippen LogP contribution in [0.3, 0.4) is 0 Å². The van der Waals surface area contributed by atoms with Gasteiger partial charge in [-0.3, -0.25) is 0 Å². The van der Waals surface area contributed by atoms with Crippen LogP contribution in [0.1, 0.15) is 12.4 Å². The van der Waals surface area contributed by atoms with Crippen molar-refractivity contribution >= 4 is 0 Å². The van der Waals surface area contributed by atoms with Gasteiger partial charge < -0.3 is 0 Å². The highest BCUT2D eigenvalue weighted by atomic mass is 19.4. The molecule has 0 saturated heterocycles. The van der Waals surface area contributed by atoms with Crippen LogP contribution in [0.15, 0.2) is 4.79 Å². The molecule has 0 atom stereocenters. The molecule has 0 radical (unpaired) electrons. The number of H-pyrrole nitrogens is 1. The Balaban J connectivity index is 3.40. The third-order valence-electron chi connectivity index (χ3n) is 1.54. The summed E-state index contributed by atoms with van der Waals surface area (Å²) in [6.07, 6.45) is -6.12. The van der Waals surface area contributed by atoms with Crippen LogP contribution in [0.25, 0.3) is 0 Å². The van der Waals surface area contributed by atoms with Crippen LogP contribution in [-0.2, 0) is 5.92 Å². The van der Waals surface area contributed by atoms with Gasteiger partial charge in [-0.25, -0.2) is 14.5 Å². The van der Waals surface area contributed by atoms with E-state index in [-0.39, 0.29) is 0 Å². The Morgan fingerprint density at radius 3 is 2.06 bits per heavy atom. The first-order valence-corrected chi connectivity index (χ1v) is 3.49. The van der Waals surface area contributed by atoms with E-state index in [0.717, 1.165) is 5.10 Å². The number of halogens is 7. The Kier molecular flexibility index (Phi) is 2.73. The Morgan fingerprint density at radius 2 is 1.69 bits per heavy atom. The van der Waals surface area contributed by atoms with Crippen LogP contribution >= 0.6 is 0 Å². The third-order valence-corrected chi connectivity index (χ3v) is 1.54. The number of aromatic amines is 1. The van der Waals surface area contributed by atoms with Crippen molar-refractivity contribution in [2.75, 3.05) is 0 Å². The van der Waals surface area contributed by atoms with E-state index in [1.807, 2.05) is 0 Å². The average molecular weight is 253 g/mol. The van der Waals surface area contributed by atoms with E-state index in [9.17, 15) is 35.5 Å². The molecular formula is C5H2F7N3O. The molecule has 0 saturated carbocycles. The molecule has 0 fully saturated rings. The normalized spacial score (nSPS) is 13.5. The molecule has 1 N–H and O–H groups in total. The smallest absolute Gasteiger partial charge is 0.246 e. The first-order chi connectivity index (χ1) is 7.09. The predicted octanol–water partition coefficient (Wildman–Crippen LogP) is 1.62. The molecule has 16 heavy (non-hydrogen) atoms. The van der Waals surface area contributed by atoms with Gasteiger partial charge >= 0.3 is 24.3 Å². The lowest BCUT2D eigenvalue weighted by molar-refractivity contribution is -0.294. The molecule has 0 aliphatic heterocycles. The minimum absolute atomic E-state index is 1.06. The maximum atomic E-state index is 12.6. The second-order valence-electron chi connectivity index (χ2n) is 2.57. The fourth-order valence-electron chi connectivity index (χ4n) is 0.834. The van der Waals surface area contributed by atoms with Gasteiger partial charge in [-0.2, -0.15) is 35.8 Å². The Morgan fingerprint density at radius 1 is 1.19 bits per heavy atom. The lowest BCUT2D eigenvalue weighted by Crippen LogP contribution is -2.38. The van der Waals surface area contributed by atoms with Crippen molar-refractivity contribution in [2.45, 2.75) is 18.6 Å². The van der Waals surface area contributed by atoms with Gasteiger partial charge in [0.15, 0.2) is 0 Å². The van der Waals surface area contributed by atoms with Crippen molar-refractivity contribution in [1.82, 2.24) is 14.8 Å². The highest BCUT2D eigenvalue weighted by molar-refractivity contribution is 5.01. The van der Waals surface area contributed by atoms with Crippen LogP contribution in [-0.4, -0.2) is 20.9 Å². The van der Waals surface area contributed by atoms with Crippen LogP contribution < -0.4 is 5.69 Å². The van der Waals surface area contributed by atoms with E-state index in [2.05, 4.69) is 5.10 Å². The topological polar surface area (TPSA) is 50.7 Å². The molecule has 11 heteroatoms. The number of alkyl halides is 7. The summed E-state index contributed by atoms with van der Waals surface area (Å²) in [4.78, 5) is 10.5. The number of aromatic nitrogens is 3. The first-order valence-electron chi connectivity index (χ1n) is 3.49. The van der Waals surface area contributed by atoms with Crippen molar-refractivity contribution in [3.05, 3.63) is 16.3 Å². The quantitative estimate of drug-likeness (QED) is 0.814. The second-order valence-corrected chi connectivity index (χ2v) is 2.57. The van der Waals surface area contributed by atoms with Crippen molar-refractivity contribution in [3.63, 3.8) is 0 Å². The molecule has 0 amide bonds. The Hall–Kier alpha value is -1.55. The molecule has 92 valence electrons. The molecule has 1 heterocycles. The van der Waals surface area contributed by atoms with Gasteiger partial charge in [-0.1, -0.05) is 0 Å². The van der Waals surface area contributed by atoms with E-state index < -0.39 is 34.7 Å². The van der Waals surface area contributed by atoms with Crippen LogP contribution in [0.2, 0.25) is 0 Å². The number of nitrogens with zero attached hydrogens (tertiary/aromatic N) is 2. The maximum Gasteiger partial charge on any atom is 0.461 e. The van der Waals surface area contributed by atoms with E-state index in [0.29, 0.717) is 0 Å². The molecule has 4 nitrogen and oxygen atoms in total. The molecule has 0 spiro atoms. The molecule has 1 aromatic heterocycles. The zero-order valence-electron chi connectivity index (χ0n) is 7.03. The van der Waals surface area contributed by atoms with Gasteiger partial charge in [0.05, 0.1) is 0 Å². The fraction of sp³-hybridized carbons (Fsp3) is 0.600. The number of nitrogens with one attached hydrogen (secondary N) is 1. The van der Waals surface area contributed by atoms with Crippen LogP contribution in [0.5, 0.6) is 0 Å². The minimum Gasteiger partial charge on any atom is -0.246 e. The fourth-order valence-corrected chi connectivity index (χ4v) is 0.834. The van der Waals surface area contributed by atoms with E-state index in [1.54, 1.807) is 0 Å². The summed E-state index contributed by atoms with van der Waals surface area (Å²) in [7, 11) is 0. The van der Waals surface area contributed by atoms with Gasteiger partial charge in [-0.15, -0.1) is 0 Å². The molecular weight excluding hydrogens is 251 g/mol. The lowest BCUT2D eigenvalue weighted by atomic mass is 10.3. The average Bonchev–Trinajstić information content (AvgIpc) is 2.45. The molecule has 0 bridgehead atoms. The minimum atomic E-state index is -6.12. The molecule has 1 aromatic rings. The van der Waals surface area contributed by atoms with Crippen molar-refractivity contribution < 1.29 is 30.7 Å². The van der Waals surface area contributed by atoms with Crippen molar-refractivity contribution in [3.8, 4) is 0 Å². The van der Waals surface area contributed by atoms with Crippen LogP contribution in [0.4, 0.5) is 30.7 Å². The van der Waals surface area contributed by atoms with E-state index in [4.69, 9.17) is 0 Å². The number of rotatable bonds is 2. The predicted molar refractivity (Wildman–Crippen MR) is 34.0 cm³/mol. The zero-order valence-corrected chi connectivity index (χ0v) is 7.03. The van der Waals surface area contributed by atoms with E-state index in [1.165, 1.54) is 0 Å². The maximum absolute atomic E-state index is 12.6. The molecule has 0 aromatic carbocycles. The first kappa shape index (κ1) is 12.5. The summed E-state index contributed by atoms with van der Waals surface area (Å²) in [6, 6.07) is 0. The van der Waals surface area contributed by atoms with Gasteiger partial charge in [0.1, 0.15) is 0 Å². The van der Waals surface area contributed by atoms with Gasteiger partial charge in [-0.05, 0) is 0 Å². The van der Waals surface area contributed by atoms with E-state index >= 15 is 0 Å². The summed E-state index contributed by atoms with van der Waals surface area (Å²) in [5.41, 5.74) is -1.85. The third kappa shape index (κ3) is 1.76. The largest absolute Gasteiger partial charge is 0.461 e. The van der Waals surface area contributed by atoms with Crippen LogP contribution in [0, 0.1) is 0 Å².